The lowest BCUT2D eigenvalue weighted by atomic mass is 10.1. The highest BCUT2D eigenvalue weighted by Crippen LogP contribution is 2.28. The van der Waals surface area contributed by atoms with E-state index >= 15 is 0 Å². The zero-order chi connectivity index (χ0) is 13.1. The molecule has 0 aliphatic rings. The minimum absolute atomic E-state index is 0.0515. The second kappa shape index (κ2) is 4.87. The Morgan fingerprint density at radius 2 is 1.83 bits per heavy atom. The Morgan fingerprint density at radius 3 is 2.44 bits per heavy atom. The number of hydrogen-bond acceptors (Lipinski definition) is 3. The molecular weight excluding hydrogens is 226 g/mol. The van der Waals surface area contributed by atoms with Gasteiger partial charge in [0.15, 0.2) is 0 Å². The van der Waals surface area contributed by atoms with Gasteiger partial charge in [-0.1, -0.05) is 18.2 Å². The van der Waals surface area contributed by atoms with E-state index in [2.05, 4.69) is 4.98 Å². The molecule has 1 aromatic heterocycles. The average molecular weight is 241 g/mol. The maximum atomic E-state index is 7.51. The highest BCUT2D eigenvalue weighted by molar-refractivity contribution is 5.97. The molecular formula is C14H15N3O. The second-order valence-electron chi connectivity index (χ2n) is 4.09. The molecule has 0 bridgehead atoms. The van der Waals surface area contributed by atoms with Gasteiger partial charge in [-0.25, -0.2) is 4.98 Å². The van der Waals surface area contributed by atoms with Gasteiger partial charge in [-0.15, -0.1) is 0 Å². The summed E-state index contributed by atoms with van der Waals surface area (Å²) in [5.41, 5.74) is 8.05. The fourth-order valence-corrected chi connectivity index (χ4v) is 1.73. The lowest BCUT2D eigenvalue weighted by molar-refractivity contribution is 0.455. The average Bonchev–Trinajstić information content (AvgIpc) is 2.34. The summed E-state index contributed by atoms with van der Waals surface area (Å²) in [6.45, 7) is 3.94. The van der Waals surface area contributed by atoms with Crippen molar-refractivity contribution in [3.05, 3.63) is 53.2 Å². The molecule has 2 rings (SSSR count). The second-order valence-corrected chi connectivity index (χ2v) is 4.09. The highest BCUT2D eigenvalue weighted by atomic mass is 16.5. The van der Waals surface area contributed by atoms with Crippen LogP contribution in [-0.2, 0) is 0 Å². The van der Waals surface area contributed by atoms with Gasteiger partial charge in [0.25, 0.3) is 0 Å². The van der Waals surface area contributed by atoms with Gasteiger partial charge in [-0.3, -0.25) is 5.41 Å². The quantitative estimate of drug-likeness (QED) is 0.641. The predicted molar refractivity (Wildman–Crippen MR) is 71.2 cm³/mol. The number of rotatable bonds is 3. The molecule has 0 spiro atoms. The van der Waals surface area contributed by atoms with E-state index in [0.29, 0.717) is 11.4 Å². The van der Waals surface area contributed by atoms with E-state index in [1.165, 1.54) is 0 Å². The van der Waals surface area contributed by atoms with Crippen LogP contribution in [0.25, 0.3) is 0 Å². The Kier molecular flexibility index (Phi) is 3.28. The minimum atomic E-state index is -0.0515. The van der Waals surface area contributed by atoms with Crippen LogP contribution in [0.2, 0.25) is 0 Å². The monoisotopic (exact) mass is 241 g/mol. The minimum Gasteiger partial charge on any atom is -0.438 e. The molecule has 4 nitrogen and oxygen atoms in total. The smallest absolute Gasteiger partial charge is 0.230 e. The number of nitrogens with two attached hydrogens (primary N) is 1. The Labute approximate surface area is 106 Å². The number of pyridine rings is 1. The van der Waals surface area contributed by atoms with E-state index in [1.54, 1.807) is 18.3 Å². The maximum absolute atomic E-state index is 7.51. The predicted octanol–water partition coefficient (Wildman–Crippen LogP) is 2.77. The topological polar surface area (TPSA) is 72.0 Å². The van der Waals surface area contributed by atoms with Crippen LogP contribution >= 0.6 is 0 Å². The molecule has 0 aliphatic heterocycles. The van der Waals surface area contributed by atoms with Crippen LogP contribution in [0.5, 0.6) is 11.6 Å². The molecule has 0 saturated heterocycles. The summed E-state index contributed by atoms with van der Waals surface area (Å²) in [6, 6.07) is 9.37. The van der Waals surface area contributed by atoms with Crippen LogP contribution < -0.4 is 10.5 Å². The maximum Gasteiger partial charge on any atom is 0.230 e. The molecule has 18 heavy (non-hydrogen) atoms. The van der Waals surface area contributed by atoms with Crippen LogP contribution in [0, 0.1) is 19.3 Å². The number of nitrogens with one attached hydrogen (secondary N) is 1. The van der Waals surface area contributed by atoms with Crippen LogP contribution in [0.15, 0.2) is 36.5 Å². The molecule has 1 heterocycles. The number of aryl methyl sites for hydroxylation is 2. The van der Waals surface area contributed by atoms with E-state index < -0.39 is 0 Å². The van der Waals surface area contributed by atoms with E-state index in [0.717, 1.165) is 16.9 Å². The lowest BCUT2D eigenvalue weighted by Crippen LogP contribution is -2.13. The first kappa shape index (κ1) is 12.1. The van der Waals surface area contributed by atoms with Crippen molar-refractivity contribution < 1.29 is 4.74 Å². The van der Waals surface area contributed by atoms with E-state index in [4.69, 9.17) is 15.9 Å². The molecule has 0 fully saturated rings. The summed E-state index contributed by atoms with van der Waals surface area (Å²) in [7, 11) is 0. The molecule has 0 radical (unpaired) electrons. The number of aromatic nitrogens is 1. The summed E-state index contributed by atoms with van der Waals surface area (Å²) in [5.74, 6) is 1.07. The van der Waals surface area contributed by atoms with E-state index in [1.807, 2.05) is 32.0 Å². The van der Waals surface area contributed by atoms with Gasteiger partial charge in [0.05, 0.1) is 5.56 Å². The van der Waals surface area contributed by atoms with Crippen LogP contribution in [0.4, 0.5) is 0 Å². The summed E-state index contributed by atoms with van der Waals surface area (Å²) < 4.78 is 5.80. The Hall–Kier alpha value is -2.36. The number of benzene rings is 1. The Bertz CT molecular complexity index is 573. The fraction of sp³-hybridized carbons (Fsp3) is 0.143. The molecule has 4 heteroatoms. The summed E-state index contributed by atoms with van der Waals surface area (Å²) >= 11 is 0. The standard InChI is InChI=1S/C14H15N3O/c1-9-5-3-6-10(2)12(9)18-14-11(13(15)16)7-4-8-17-14/h3-8H,1-2H3,(H3,15,16). The SMILES string of the molecule is Cc1cccc(C)c1Oc1ncccc1C(=N)N. The lowest BCUT2D eigenvalue weighted by Gasteiger charge is -2.12. The fourth-order valence-electron chi connectivity index (χ4n) is 1.73. The van der Waals surface area contributed by atoms with E-state index in [-0.39, 0.29) is 5.84 Å². The molecule has 92 valence electrons. The van der Waals surface area contributed by atoms with Crippen molar-refractivity contribution >= 4 is 5.84 Å². The largest absolute Gasteiger partial charge is 0.438 e. The van der Waals surface area contributed by atoms with Crippen molar-refractivity contribution in [2.75, 3.05) is 0 Å². The van der Waals surface area contributed by atoms with Crippen molar-refractivity contribution in [1.29, 1.82) is 5.41 Å². The normalized spacial score (nSPS) is 10.1. The Morgan fingerprint density at radius 1 is 1.17 bits per heavy atom. The molecule has 1 aromatic carbocycles. The van der Waals surface area contributed by atoms with Crippen molar-refractivity contribution in [2.45, 2.75) is 13.8 Å². The molecule has 3 N–H and O–H groups in total. The third-order valence-corrected chi connectivity index (χ3v) is 2.67. The van der Waals surface area contributed by atoms with Gasteiger partial charge in [0.2, 0.25) is 5.88 Å². The Balaban J connectivity index is 2.43. The van der Waals surface area contributed by atoms with Crippen LogP contribution in [-0.4, -0.2) is 10.8 Å². The van der Waals surface area contributed by atoms with Crippen molar-refractivity contribution in [3.63, 3.8) is 0 Å². The first-order valence-corrected chi connectivity index (χ1v) is 5.63. The summed E-state index contributed by atoms with van der Waals surface area (Å²) in [4.78, 5) is 4.13. The zero-order valence-corrected chi connectivity index (χ0v) is 10.4. The molecule has 2 aromatic rings. The number of ether oxygens (including phenoxy) is 1. The first-order valence-electron chi connectivity index (χ1n) is 5.63. The zero-order valence-electron chi connectivity index (χ0n) is 10.4. The molecule has 0 unspecified atom stereocenters. The highest BCUT2D eigenvalue weighted by Gasteiger charge is 2.11. The number of nitrogen functional groups attached to an aromatic ring is 1. The van der Waals surface area contributed by atoms with Gasteiger partial charge in [0, 0.05) is 6.20 Å². The van der Waals surface area contributed by atoms with Gasteiger partial charge in [-0.05, 0) is 37.1 Å². The number of para-hydroxylation sites is 1. The molecule has 0 aliphatic carbocycles. The van der Waals surface area contributed by atoms with Gasteiger partial charge < -0.3 is 10.5 Å². The van der Waals surface area contributed by atoms with Crippen molar-refractivity contribution in [1.82, 2.24) is 4.98 Å². The van der Waals surface area contributed by atoms with Gasteiger partial charge >= 0.3 is 0 Å². The van der Waals surface area contributed by atoms with Crippen molar-refractivity contribution in [2.24, 2.45) is 5.73 Å². The van der Waals surface area contributed by atoms with Gasteiger partial charge in [-0.2, -0.15) is 0 Å². The number of amidine groups is 1. The van der Waals surface area contributed by atoms with Gasteiger partial charge in [0.1, 0.15) is 11.6 Å². The third kappa shape index (κ3) is 2.32. The summed E-state index contributed by atoms with van der Waals surface area (Å²) in [6.07, 6.45) is 1.62. The number of nitrogens with zero attached hydrogens (tertiary/aromatic N) is 1. The van der Waals surface area contributed by atoms with Crippen LogP contribution in [0.3, 0.4) is 0 Å². The molecule has 0 saturated carbocycles. The molecule has 0 amide bonds. The summed E-state index contributed by atoms with van der Waals surface area (Å²) in [5, 5.41) is 7.51. The van der Waals surface area contributed by atoms with Crippen molar-refractivity contribution in [3.8, 4) is 11.6 Å². The van der Waals surface area contributed by atoms with Crippen LogP contribution in [0.1, 0.15) is 16.7 Å². The number of hydrogen-bond donors (Lipinski definition) is 2. The molecule has 0 atom stereocenters. The van der Waals surface area contributed by atoms with E-state index in [9.17, 15) is 0 Å². The first-order chi connectivity index (χ1) is 8.59. The third-order valence-electron chi connectivity index (χ3n) is 2.67.